The van der Waals surface area contributed by atoms with E-state index in [-0.39, 0.29) is 16.9 Å². The first-order chi connectivity index (χ1) is 7.92. The third-order valence-electron chi connectivity index (χ3n) is 3.32. The van der Waals surface area contributed by atoms with Crippen LogP contribution in [-0.4, -0.2) is 33.8 Å². The number of amides is 1. The fraction of sp³-hybridized carbons (Fsp3) is 0.692. The van der Waals surface area contributed by atoms with E-state index in [9.17, 15) is 9.59 Å². The van der Waals surface area contributed by atoms with Gasteiger partial charge >= 0.3 is 0 Å². The Balaban J connectivity index is 2.64. The van der Waals surface area contributed by atoms with Crippen molar-refractivity contribution in [2.24, 2.45) is 5.92 Å². The number of hydrogen-bond acceptors (Lipinski definition) is 3. The summed E-state index contributed by atoms with van der Waals surface area (Å²) in [6.45, 7) is 6.14. The number of likely N-dealkylation sites (tertiary alicyclic amines) is 1. The van der Waals surface area contributed by atoms with E-state index in [0.717, 1.165) is 6.42 Å². The molecule has 1 fully saturated rings. The van der Waals surface area contributed by atoms with Crippen LogP contribution in [0.1, 0.15) is 33.6 Å². The van der Waals surface area contributed by atoms with E-state index in [4.69, 9.17) is 6.42 Å². The predicted molar refractivity (Wildman–Crippen MR) is 70.5 cm³/mol. The van der Waals surface area contributed by atoms with Gasteiger partial charge in [0.15, 0.2) is 5.12 Å². The van der Waals surface area contributed by atoms with Crippen molar-refractivity contribution in [3.8, 4) is 12.3 Å². The van der Waals surface area contributed by atoms with Crippen molar-refractivity contribution in [2.75, 3.05) is 12.3 Å². The fourth-order valence-electron chi connectivity index (χ4n) is 1.98. The van der Waals surface area contributed by atoms with E-state index >= 15 is 0 Å². The molecule has 1 aliphatic heterocycles. The highest BCUT2D eigenvalue weighted by molar-refractivity contribution is 8.13. The molecular formula is C13H19NO2S. The molecule has 94 valence electrons. The van der Waals surface area contributed by atoms with Gasteiger partial charge in [-0.25, -0.2) is 0 Å². The first-order valence-corrected chi connectivity index (χ1v) is 6.83. The Bertz CT molecular complexity index is 361. The summed E-state index contributed by atoms with van der Waals surface area (Å²) in [6.07, 6.45) is 6.79. The SMILES string of the molecule is C#CC(C)(CC)N1CC(CSC(C)=O)CC1=O. The molecule has 1 rings (SSSR count). The Morgan fingerprint density at radius 1 is 1.71 bits per heavy atom. The minimum Gasteiger partial charge on any atom is -0.326 e. The normalized spacial score (nSPS) is 23.3. The molecule has 0 bridgehead atoms. The van der Waals surface area contributed by atoms with Crippen LogP contribution in [0.3, 0.4) is 0 Å². The lowest BCUT2D eigenvalue weighted by Gasteiger charge is -2.33. The van der Waals surface area contributed by atoms with Gasteiger partial charge in [0.25, 0.3) is 0 Å². The van der Waals surface area contributed by atoms with Gasteiger partial charge in [-0.05, 0) is 19.3 Å². The summed E-state index contributed by atoms with van der Waals surface area (Å²) in [4.78, 5) is 24.6. The summed E-state index contributed by atoms with van der Waals surface area (Å²) in [5.41, 5.74) is -0.479. The van der Waals surface area contributed by atoms with Gasteiger partial charge in [0.1, 0.15) is 5.54 Å². The number of thioether (sulfide) groups is 1. The highest BCUT2D eigenvalue weighted by atomic mass is 32.2. The van der Waals surface area contributed by atoms with Gasteiger partial charge in [-0.1, -0.05) is 24.6 Å². The van der Waals surface area contributed by atoms with Crippen LogP contribution in [-0.2, 0) is 9.59 Å². The molecule has 0 aromatic rings. The number of nitrogens with zero attached hydrogens (tertiary/aromatic N) is 1. The molecule has 1 saturated heterocycles. The monoisotopic (exact) mass is 253 g/mol. The van der Waals surface area contributed by atoms with Crippen LogP contribution in [0.2, 0.25) is 0 Å². The molecule has 0 aromatic carbocycles. The molecule has 1 aliphatic rings. The molecule has 0 spiro atoms. The second-order valence-corrected chi connectivity index (χ2v) is 5.85. The Morgan fingerprint density at radius 2 is 2.35 bits per heavy atom. The number of hydrogen-bond donors (Lipinski definition) is 0. The van der Waals surface area contributed by atoms with E-state index in [1.54, 1.807) is 11.8 Å². The lowest BCUT2D eigenvalue weighted by molar-refractivity contribution is -0.131. The Hall–Kier alpha value is -0.950. The number of terminal acetylenes is 1. The fourth-order valence-corrected chi connectivity index (χ4v) is 2.67. The van der Waals surface area contributed by atoms with E-state index in [0.29, 0.717) is 18.7 Å². The maximum Gasteiger partial charge on any atom is 0.224 e. The minimum absolute atomic E-state index is 0.103. The van der Waals surface area contributed by atoms with E-state index in [1.165, 1.54) is 11.8 Å². The molecule has 1 amide bonds. The first-order valence-electron chi connectivity index (χ1n) is 5.84. The summed E-state index contributed by atoms with van der Waals surface area (Å²) in [6, 6.07) is 0. The Labute approximate surface area is 107 Å². The summed E-state index contributed by atoms with van der Waals surface area (Å²) in [5.74, 6) is 3.79. The molecule has 0 aromatic heterocycles. The van der Waals surface area contributed by atoms with E-state index < -0.39 is 5.54 Å². The zero-order valence-electron chi connectivity index (χ0n) is 10.7. The van der Waals surface area contributed by atoms with Crippen LogP contribution in [0.15, 0.2) is 0 Å². The smallest absolute Gasteiger partial charge is 0.224 e. The van der Waals surface area contributed by atoms with Gasteiger partial charge in [0.05, 0.1) is 0 Å². The molecule has 2 atom stereocenters. The molecule has 0 saturated carbocycles. The third kappa shape index (κ3) is 3.26. The van der Waals surface area contributed by atoms with Gasteiger partial charge in [0.2, 0.25) is 5.91 Å². The van der Waals surface area contributed by atoms with Gasteiger partial charge in [-0.3, -0.25) is 9.59 Å². The van der Waals surface area contributed by atoms with Crippen molar-refractivity contribution in [3.05, 3.63) is 0 Å². The summed E-state index contributed by atoms with van der Waals surface area (Å²) < 4.78 is 0. The van der Waals surface area contributed by atoms with Crippen molar-refractivity contribution in [3.63, 3.8) is 0 Å². The van der Waals surface area contributed by atoms with E-state index in [2.05, 4.69) is 5.92 Å². The van der Waals surface area contributed by atoms with Crippen LogP contribution in [0.25, 0.3) is 0 Å². The Kier molecular flexibility index (Phi) is 4.64. The first kappa shape index (κ1) is 14.1. The average molecular weight is 253 g/mol. The topological polar surface area (TPSA) is 37.4 Å². The highest BCUT2D eigenvalue weighted by Gasteiger charge is 2.39. The van der Waals surface area contributed by atoms with Crippen LogP contribution in [0.5, 0.6) is 0 Å². The lowest BCUT2D eigenvalue weighted by Crippen LogP contribution is -2.45. The van der Waals surface area contributed by atoms with E-state index in [1.807, 2.05) is 13.8 Å². The third-order valence-corrected chi connectivity index (χ3v) is 4.37. The van der Waals surface area contributed by atoms with Gasteiger partial charge in [0, 0.05) is 25.6 Å². The zero-order chi connectivity index (χ0) is 13.1. The van der Waals surface area contributed by atoms with Crippen molar-refractivity contribution in [1.29, 1.82) is 0 Å². The van der Waals surface area contributed by atoms with Crippen LogP contribution < -0.4 is 0 Å². The number of carbonyl (C=O) groups is 2. The maximum atomic E-state index is 11.9. The summed E-state index contributed by atoms with van der Waals surface area (Å²) in [7, 11) is 0. The second kappa shape index (κ2) is 5.59. The molecule has 3 nitrogen and oxygen atoms in total. The van der Waals surface area contributed by atoms with Crippen LogP contribution in [0, 0.1) is 18.3 Å². The Morgan fingerprint density at radius 3 is 2.82 bits per heavy atom. The number of carbonyl (C=O) groups excluding carboxylic acids is 2. The maximum absolute atomic E-state index is 11.9. The number of rotatable bonds is 4. The molecule has 0 N–H and O–H groups in total. The highest BCUT2D eigenvalue weighted by Crippen LogP contribution is 2.29. The molecule has 17 heavy (non-hydrogen) atoms. The lowest BCUT2D eigenvalue weighted by atomic mass is 9.98. The molecular weight excluding hydrogens is 234 g/mol. The molecule has 1 heterocycles. The van der Waals surface area contributed by atoms with Crippen molar-refractivity contribution in [2.45, 2.75) is 39.2 Å². The summed E-state index contributed by atoms with van der Waals surface area (Å²) >= 11 is 1.29. The molecule has 0 aliphatic carbocycles. The average Bonchev–Trinajstić information content (AvgIpc) is 2.67. The standard InChI is InChI=1S/C13H19NO2S/c1-5-13(4,6-2)14-8-11(7-12(14)16)9-17-10(3)15/h1,11H,6-9H2,2-4H3. The second-order valence-electron chi connectivity index (χ2n) is 4.65. The van der Waals surface area contributed by atoms with Crippen molar-refractivity contribution in [1.82, 2.24) is 4.90 Å². The molecule has 2 unspecified atom stereocenters. The van der Waals surface area contributed by atoms with Gasteiger partial charge < -0.3 is 4.90 Å². The van der Waals surface area contributed by atoms with Crippen LogP contribution in [0.4, 0.5) is 0 Å². The van der Waals surface area contributed by atoms with Gasteiger partial charge in [-0.2, -0.15) is 0 Å². The van der Waals surface area contributed by atoms with Crippen molar-refractivity contribution >= 4 is 22.8 Å². The zero-order valence-corrected chi connectivity index (χ0v) is 11.5. The quantitative estimate of drug-likeness (QED) is 0.718. The molecule has 0 radical (unpaired) electrons. The van der Waals surface area contributed by atoms with Crippen LogP contribution >= 0.6 is 11.8 Å². The predicted octanol–water partition coefficient (Wildman–Crippen LogP) is 1.92. The minimum atomic E-state index is -0.479. The van der Waals surface area contributed by atoms with Crippen molar-refractivity contribution < 1.29 is 9.59 Å². The molecule has 4 heteroatoms. The van der Waals surface area contributed by atoms with Gasteiger partial charge in [-0.15, -0.1) is 6.42 Å². The largest absolute Gasteiger partial charge is 0.326 e. The summed E-state index contributed by atoms with van der Waals surface area (Å²) in [5, 5.41) is 0.103.